The minimum Gasteiger partial charge on any atom is -0.355 e. The van der Waals surface area contributed by atoms with E-state index in [2.05, 4.69) is 5.32 Å². The van der Waals surface area contributed by atoms with Gasteiger partial charge in [0.1, 0.15) is 18.4 Å². The van der Waals surface area contributed by atoms with Gasteiger partial charge >= 0.3 is 0 Å². The highest BCUT2D eigenvalue weighted by Crippen LogP contribution is 2.28. The topological polar surface area (TPSA) is 86.8 Å². The average molecular weight is 484 g/mol. The van der Waals surface area contributed by atoms with E-state index in [1.165, 1.54) is 30.0 Å². The van der Waals surface area contributed by atoms with Crippen LogP contribution in [0.3, 0.4) is 0 Å². The van der Waals surface area contributed by atoms with Crippen molar-refractivity contribution in [1.82, 2.24) is 10.2 Å². The van der Waals surface area contributed by atoms with E-state index in [9.17, 15) is 22.4 Å². The van der Waals surface area contributed by atoms with E-state index >= 15 is 0 Å². The molecule has 2 rings (SSSR count). The summed E-state index contributed by atoms with van der Waals surface area (Å²) < 4.78 is 40.3. The molecule has 0 aliphatic heterocycles. The third-order valence-electron chi connectivity index (χ3n) is 5.00. The first-order chi connectivity index (χ1) is 15.0. The van der Waals surface area contributed by atoms with Gasteiger partial charge in [-0.15, -0.1) is 0 Å². The van der Waals surface area contributed by atoms with Gasteiger partial charge in [0.05, 0.1) is 11.9 Å². The number of rotatable bonds is 9. The van der Waals surface area contributed by atoms with Crippen LogP contribution in [0.1, 0.15) is 25.0 Å². The van der Waals surface area contributed by atoms with Crippen LogP contribution >= 0.6 is 11.6 Å². The Hall–Kier alpha value is -2.65. The normalized spacial score (nSPS) is 12.2. The Kier molecular flexibility index (Phi) is 8.63. The van der Waals surface area contributed by atoms with Crippen LogP contribution in [-0.2, 0) is 26.2 Å². The predicted octanol–water partition coefficient (Wildman–Crippen LogP) is 3.11. The van der Waals surface area contributed by atoms with Gasteiger partial charge in [-0.2, -0.15) is 0 Å². The lowest BCUT2D eigenvalue weighted by Gasteiger charge is -2.32. The van der Waals surface area contributed by atoms with Crippen LogP contribution < -0.4 is 9.62 Å². The molecule has 1 unspecified atom stereocenters. The van der Waals surface area contributed by atoms with Gasteiger partial charge in [0, 0.05) is 23.7 Å². The summed E-state index contributed by atoms with van der Waals surface area (Å²) >= 11 is 6.15. The molecule has 0 aromatic heterocycles. The minimum absolute atomic E-state index is 0.198. The Bertz CT molecular complexity index is 1090. The lowest BCUT2D eigenvalue weighted by atomic mass is 10.1. The smallest absolute Gasteiger partial charge is 0.244 e. The van der Waals surface area contributed by atoms with Crippen molar-refractivity contribution in [2.75, 3.05) is 23.7 Å². The first-order valence-corrected chi connectivity index (χ1v) is 12.2. The fraction of sp³-hybridized carbons (Fsp3) is 0.364. The summed E-state index contributed by atoms with van der Waals surface area (Å²) in [7, 11) is -3.87. The Morgan fingerprint density at radius 1 is 1.16 bits per heavy atom. The van der Waals surface area contributed by atoms with E-state index in [1.54, 1.807) is 38.1 Å². The molecular formula is C22H27ClFN3O4S. The summed E-state index contributed by atoms with van der Waals surface area (Å²) in [6.07, 6.45) is 0.981. The molecule has 0 bridgehead atoms. The van der Waals surface area contributed by atoms with Crippen LogP contribution in [0, 0.1) is 12.7 Å². The minimum atomic E-state index is -3.87. The zero-order valence-electron chi connectivity index (χ0n) is 18.4. The number of anilines is 1. The van der Waals surface area contributed by atoms with Crippen molar-refractivity contribution in [2.24, 2.45) is 0 Å². The van der Waals surface area contributed by atoms with Crippen LogP contribution in [0.2, 0.25) is 5.02 Å². The highest BCUT2D eigenvalue weighted by molar-refractivity contribution is 7.92. The van der Waals surface area contributed by atoms with Crippen molar-refractivity contribution in [3.63, 3.8) is 0 Å². The molecule has 174 valence electrons. The Morgan fingerprint density at radius 2 is 1.81 bits per heavy atom. The average Bonchev–Trinajstić information content (AvgIpc) is 2.72. The zero-order valence-corrected chi connectivity index (χ0v) is 20.0. The summed E-state index contributed by atoms with van der Waals surface area (Å²) in [5.41, 5.74) is 0.955. The molecule has 0 saturated carbocycles. The summed E-state index contributed by atoms with van der Waals surface area (Å²) in [4.78, 5) is 27.0. The van der Waals surface area contributed by atoms with Crippen molar-refractivity contribution in [3.05, 3.63) is 64.4 Å². The molecule has 0 aliphatic rings. The molecule has 2 aromatic rings. The van der Waals surface area contributed by atoms with Gasteiger partial charge in [0.25, 0.3) is 0 Å². The van der Waals surface area contributed by atoms with Crippen molar-refractivity contribution in [3.8, 4) is 0 Å². The van der Waals surface area contributed by atoms with Gasteiger partial charge in [0.2, 0.25) is 21.8 Å². The maximum absolute atomic E-state index is 14.3. The summed E-state index contributed by atoms with van der Waals surface area (Å²) in [5, 5.41) is 2.99. The van der Waals surface area contributed by atoms with E-state index in [-0.39, 0.29) is 17.8 Å². The molecule has 0 fully saturated rings. The summed E-state index contributed by atoms with van der Waals surface area (Å²) in [5.74, 6) is -1.61. The van der Waals surface area contributed by atoms with Crippen LogP contribution in [0.5, 0.6) is 0 Å². The first kappa shape index (κ1) is 25.6. The molecule has 0 spiro atoms. The quantitative estimate of drug-likeness (QED) is 0.593. The van der Waals surface area contributed by atoms with Gasteiger partial charge in [-0.25, -0.2) is 12.8 Å². The highest BCUT2D eigenvalue weighted by atomic mass is 35.5. The number of likely N-dealkylation sites (N-methyl/N-ethyl adjacent to an activating group) is 1. The number of nitrogens with zero attached hydrogens (tertiary/aromatic N) is 2. The number of benzene rings is 2. The number of halogens is 2. The Balaban J connectivity index is 2.45. The predicted molar refractivity (Wildman–Crippen MR) is 123 cm³/mol. The number of hydrogen-bond acceptors (Lipinski definition) is 4. The Morgan fingerprint density at radius 3 is 2.41 bits per heavy atom. The number of sulfonamides is 1. The molecule has 10 heteroatoms. The monoisotopic (exact) mass is 483 g/mol. The van der Waals surface area contributed by atoms with Gasteiger partial charge in [-0.3, -0.25) is 13.9 Å². The van der Waals surface area contributed by atoms with Crippen LogP contribution in [0.4, 0.5) is 10.1 Å². The van der Waals surface area contributed by atoms with Gasteiger partial charge in [-0.05, 0) is 44.5 Å². The van der Waals surface area contributed by atoms with E-state index in [0.717, 1.165) is 10.6 Å². The second kappa shape index (κ2) is 10.8. The van der Waals surface area contributed by atoms with Crippen LogP contribution in [0.25, 0.3) is 0 Å². The molecule has 1 N–H and O–H groups in total. The van der Waals surface area contributed by atoms with E-state index in [1.807, 2.05) is 0 Å². The van der Waals surface area contributed by atoms with Crippen molar-refractivity contribution in [2.45, 2.75) is 33.4 Å². The molecule has 0 heterocycles. The number of hydrogen-bond donors (Lipinski definition) is 1. The van der Waals surface area contributed by atoms with Crippen molar-refractivity contribution < 1.29 is 22.4 Å². The molecule has 0 saturated heterocycles. The second-order valence-corrected chi connectivity index (χ2v) is 9.65. The van der Waals surface area contributed by atoms with Gasteiger partial charge in [0.15, 0.2) is 0 Å². The third kappa shape index (κ3) is 6.20. The number of carbonyl (C=O) groups excluding carboxylic acids is 2. The molecule has 1 atom stereocenters. The highest BCUT2D eigenvalue weighted by Gasteiger charge is 2.31. The van der Waals surface area contributed by atoms with Gasteiger partial charge in [-0.1, -0.05) is 35.9 Å². The maximum Gasteiger partial charge on any atom is 0.244 e. The lowest BCUT2D eigenvalue weighted by molar-refractivity contribution is -0.139. The van der Waals surface area contributed by atoms with Gasteiger partial charge < -0.3 is 10.2 Å². The van der Waals surface area contributed by atoms with E-state index < -0.39 is 40.2 Å². The Labute approximate surface area is 193 Å². The SMILES string of the molecule is CCNC(=O)C(C)N(Cc1ccccc1F)C(=O)CN(c1cccc(Cl)c1C)S(C)(=O)=O. The lowest BCUT2D eigenvalue weighted by Crippen LogP contribution is -2.51. The molecule has 7 nitrogen and oxygen atoms in total. The number of nitrogens with one attached hydrogen (secondary N) is 1. The maximum atomic E-state index is 14.3. The fourth-order valence-electron chi connectivity index (χ4n) is 3.18. The second-order valence-electron chi connectivity index (χ2n) is 7.34. The molecular weight excluding hydrogens is 457 g/mol. The van der Waals surface area contributed by atoms with E-state index in [0.29, 0.717) is 17.1 Å². The number of carbonyl (C=O) groups is 2. The third-order valence-corrected chi connectivity index (χ3v) is 6.54. The van der Waals surface area contributed by atoms with Crippen LogP contribution in [-0.4, -0.2) is 50.5 Å². The largest absolute Gasteiger partial charge is 0.355 e. The molecule has 2 aromatic carbocycles. The van der Waals surface area contributed by atoms with Crippen molar-refractivity contribution in [1.29, 1.82) is 0 Å². The molecule has 2 amide bonds. The molecule has 0 aliphatic carbocycles. The summed E-state index contributed by atoms with van der Waals surface area (Å²) in [6, 6.07) is 9.70. The molecule has 32 heavy (non-hydrogen) atoms. The standard InChI is InChI=1S/C22H27ClFN3O4S/c1-5-25-22(29)16(3)26(13-17-9-6-7-11-19(17)24)21(28)14-27(32(4,30)31)20-12-8-10-18(23)15(20)2/h6-12,16H,5,13-14H2,1-4H3,(H,25,29). The zero-order chi connectivity index (χ0) is 24.1. The number of amides is 2. The first-order valence-electron chi connectivity index (χ1n) is 10.0. The van der Waals surface area contributed by atoms with Crippen molar-refractivity contribution >= 4 is 39.1 Å². The molecule has 0 radical (unpaired) electrons. The van der Waals surface area contributed by atoms with E-state index in [4.69, 9.17) is 11.6 Å². The summed E-state index contributed by atoms with van der Waals surface area (Å²) in [6.45, 7) is 4.48. The van der Waals surface area contributed by atoms with Crippen LogP contribution in [0.15, 0.2) is 42.5 Å². The fourth-order valence-corrected chi connectivity index (χ4v) is 4.25.